The smallest absolute Gasteiger partial charge is 0.205 e. The molecular formula is C27H36O5. The van der Waals surface area contributed by atoms with Crippen LogP contribution in [-0.4, -0.2) is 11.6 Å². The van der Waals surface area contributed by atoms with E-state index in [-0.39, 0.29) is 5.41 Å². The first-order valence-electron chi connectivity index (χ1n) is 11.4. The van der Waals surface area contributed by atoms with Crippen molar-refractivity contribution in [2.24, 2.45) is 0 Å². The SMILES string of the molecule is Cc1cc(COCc2cc(C(C)(C)C)cc3c2OC(C)(C)OC3)c2c(c1)COC(C)(C)O2. The van der Waals surface area contributed by atoms with Gasteiger partial charge in [-0.25, -0.2) is 0 Å². The Morgan fingerprint density at radius 1 is 0.781 bits per heavy atom. The van der Waals surface area contributed by atoms with Gasteiger partial charge in [0.05, 0.1) is 26.4 Å². The molecule has 0 bridgehead atoms. The van der Waals surface area contributed by atoms with Crippen LogP contribution < -0.4 is 9.47 Å². The van der Waals surface area contributed by atoms with Crippen molar-refractivity contribution in [3.63, 3.8) is 0 Å². The van der Waals surface area contributed by atoms with Crippen LogP contribution in [0.5, 0.6) is 11.5 Å². The molecule has 2 aromatic carbocycles. The van der Waals surface area contributed by atoms with Gasteiger partial charge in [-0.05, 0) is 30.0 Å². The Morgan fingerprint density at radius 2 is 1.28 bits per heavy atom. The Hall–Kier alpha value is -2.08. The molecule has 174 valence electrons. The third-order valence-corrected chi connectivity index (χ3v) is 5.86. The maximum atomic E-state index is 6.26. The Labute approximate surface area is 192 Å². The molecule has 0 fully saturated rings. The minimum Gasteiger partial charge on any atom is -0.462 e. The second-order valence-corrected chi connectivity index (χ2v) is 10.9. The maximum absolute atomic E-state index is 6.26. The van der Waals surface area contributed by atoms with Gasteiger partial charge in [-0.2, -0.15) is 0 Å². The first-order valence-corrected chi connectivity index (χ1v) is 11.4. The molecule has 0 radical (unpaired) electrons. The third-order valence-electron chi connectivity index (χ3n) is 5.86. The molecule has 0 aliphatic carbocycles. The van der Waals surface area contributed by atoms with Crippen molar-refractivity contribution in [3.8, 4) is 11.5 Å². The summed E-state index contributed by atoms with van der Waals surface area (Å²) >= 11 is 0. The Morgan fingerprint density at radius 3 is 1.81 bits per heavy atom. The molecule has 5 nitrogen and oxygen atoms in total. The summed E-state index contributed by atoms with van der Waals surface area (Å²) in [6.45, 7) is 18.5. The molecule has 32 heavy (non-hydrogen) atoms. The lowest BCUT2D eigenvalue weighted by Crippen LogP contribution is -2.36. The lowest BCUT2D eigenvalue weighted by atomic mass is 9.84. The maximum Gasteiger partial charge on any atom is 0.205 e. The molecule has 5 heteroatoms. The molecule has 2 aliphatic heterocycles. The number of hydrogen-bond acceptors (Lipinski definition) is 5. The van der Waals surface area contributed by atoms with E-state index in [0.717, 1.165) is 33.8 Å². The summed E-state index contributed by atoms with van der Waals surface area (Å²) in [7, 11) is 0. The Balaban J connectivity index is 1.59. The van der Waals surface area contributed by atoms with Gasteiger partial charge in [0, 0.05) is 49.9 Å². The second kappa shape index (κ2) is 8.05. The lowest BCUT2D eigenvalue weighted by Gasteiger charge is -2.35. The summed E-state index contributed by atoms with van der Waals surface area (Å²) in [6, 6.07) is 8.65. The molecule has 2 heterocycles. The van der Waals surface area contributed by atoms with Gasteiger partial charge in [-0.15, -0.1) is 0 Å². The summed E-state index contributed by atoms with van der Waals surface area (Å²) < 4.78 is 30.3. The van der Waals surface area contributed by atoms with E-state index in [1.54, 1.807) is 0 Å². The van der Waals surface area contributed by atoms with Gasteiger partial charge < -0.3 is 23.7 Å². The van der Waals surface area contributed by atoms with Crippen LogP contribution in [0.25, 0.3) is 0 Å². The highest BCUT2D eigenvalue weighted by Gasteiger charge is 2.32. The average Bonchev–Trinajstić information content (AvgIpc) is 2.67. The minimum atomic E-state index is -0.653. The van der Waals surface area contributed by atoms with E-state index in [2.05, 4.69) is 52.0 Å². The number of aryl methyl sites for hydroxylation is 1. The molecule has 0 amide bonds. The topological polar surface area (TPSA) is 46.2 Å². The van der Waals surface area contributed by atoms with Crippen LogP contribution in [0.3, 0.4) is 0 Å². The Kier molecular flexibility index (Phi) is 5.81. The highest BCUT2D eigenvalue weighted by molar-refractivity contribution is 5.48. The van der Waals surface area contributed by atoms with Crippen LogP contribution in [-0.2, 0) is 46.1 Å². The largest absolute Gasteiger partial charge is 0.462 e. The predicted molar refractivity (Wildman–Crippen MR) is 124 cm³/mol. The fourth-order valence-corrected chi connectivity index (χ4v) is 4.13. The van der Waals surface area contributed by atoms with Crippen molar-refractivity contribution in [3.05, 3.63) is 57.6 Å². The average molecular weight is 441 g/mol. The van der Waals surface area contributed by atoms with Crippen LogP contribution in [0.2, 0.25) is 0 Å². The molecule has 2 aromatic rings. The van der Waals surface area contributed by atoms with Crippen molar-refractivity contribution in [2.75, 3.05) is 0 Å². The van der Waals surface area contributed by atoms with E-state index in [4.69, 9.17) is 23.7 Å². The second-order valence-electron chi connectivity index (χ2n) is 10.9. The highest BCUT2D eigenvalue weighted by atomic mass is 16.7. The molecule has 0 unspecified atom stereocenters. The van der Waals surface area contributed by atoms with Crippen LogP contribution >= 0.6 is 0 Å². The number of ether oxygens (including phenoxy) is 5. The van der Waals surface area contributed by atoms with E-state index >= 15 is 0 Å². The van der Waals surface area contributed by atoms with Gasteiger partial charge in [0.15, 0.2) is 0 Å². The van der Waals surface area contributed by atoms with Gasteiger partial charge in [0.2, 0.25) is 11.6 Å². The summed E-state index contributed by atoms with van der Waals surface area (Å²) in [5.41, 5.74) is 6.67. The molecule has 0 spiro atoms. The van der Waals surface area contributed by atoms with Crippen molar-refractivity contribution in [1.82, 2.24) is 0 Å². The van der Waals surface area contributed by atoms with Gasteiger partial charge in [0.25, 0.3) is 0 Å². The third kappa shape index (κ3) is 4.95. The van der Waals surface area contributed by atoms with Crippen LogP contribution in [0.1, 0.15) is 81.8 Å². The van der Waals surface area contributed by atoms with Gasteiger partial charge in [-0.3, -0.25) is 0 Å². The summed E-state index contributed by atoms with van der Waals surface area (Å²) in [6.07, 6.45) is 0. The van der Waals surface area contributed by atoms with Crippen molar-refractivity contribution < 1.29 is 23.7 Å². The first kappa shape index (κ1) is 23.1. The van der Waals surface area contributed by atoms with Crippen molar-refractivity contribution >= 4 is 0 Å². The highest BCUT2D eigenvalue weighted by Crippen LogP contribution is 2.39. The first-order chi connectivity index (χ1) is 14.8. The quantitative estimate of drug-likeness (QED) is 0.558. The van der Waals surface area contributed by atoms with Gasteiger partial charge >= 0.3 is 0 Å². The van der Waals surface area contributed by atoms with Crippen molar-refractivity contribution in [1.29, 1.82) is 0 Å². The molecule has 0 aromatic heterocycles. The predicted octanol–water partition coefficient (Wildman–Crippen LogP) is 6.30. The van der Waals surface area contributed by atoms with Crippen LogP contribution in [0, 0.1) is 6.92 Å². The lowest BCUT2D eigenvalue weighted by molar-refractivity contribution is -0.181. The molecule has 0 atom stereocenters. The van der Waals surface area contributed by atoms with E-state index < -0.39 is 11.6 Å². The summed E-state index contributed by atoms with van der Waals surface area (Å²) in [5, 5.41) is 0. The molecule has 2 aliphatic rings. The zero-order chi connectivity index (χ0) is 23.3. The van der Waals surface area contributed by atoms with E-state index in [9.17, 15) is 0 Å². The van der Waals surface area contributed by atoms with Crippen LogP contribution in [0.15, 0.2) is 24.3 Å². The van der Waals surface area contributed by atoms with Crippen LogP contribution in [0.4, 0.5) is 0 Å². The standard InChI is InChI=1S/C27H36O5/c1-17-9-18(23-19(10-17)15-29-26(5,6)31-23)13-28-14-20-11-22(25(2,3)4)12-21-16-30-27(7,8)32-24(20)21/h9-12H,13-16H2,1-8H3. The van der Waals surface area contributed by atoms with Crippen molar-refractivity contribution in [2.45, 2.75) is 98.8 Å². The number of benzene rings is 2. The fraction of sp³-hybridized carbons (Fsp3) is 0.556. The number of rotatable bonds is 4. The van der Waals surface area contributed by atoms with Gasteiger partial charge in [-0.1, -0.05) is 38.5 Å². The molecule has 0 saturated carbocycles. The number of fused-ring (bicyclic) bond motifs is 2. The monoisotopic (exact) mass is 440 g/mol. The van der Waals surface area contributed by atoms with E-state index in [1.807, 2.05) is 27.7 Å². The van der Waals surface area contributed by atoms with E-state index in [0.29, 0.717) is 26.4 Å². The Bertz CT molecular complexity index is 1010. The zero-order valence-corrected chi connectivity index (χ0v) is 20.7. The van der Waals surface area contributed by atoms with Gasteiger partial charge in [0.1, 0.15) is 11.5 Å². The van der Waals surface area contributed by atoms with E-state index in [1.165, 1.54) is 11.1 Å². The fourth-order valence-electron chi connectivity index (χ4n) is 4.13. The zero-order valence-electron chi connectivity index (χ0n) is 20.7. The normalized spacial score (nSPS) is 18.9. The summed E-state index contributed by atoms with van der Waals surface area (Å²) in [5.74, 6) is 0.464. The molecule has 4 rings (SSSR count). The number of hydrogen-bond donors (Lipinski definition) is 0. The molecule has 0 saturated heterocycles. The summed E-state index contributed by atoms with van der Waals surface area (Å²) in [4.78, 5) is 0. The molecular weight excluding hydrogens is 404 g/mol. The molecule has 0 N–H and O–H groups in total. The minimum absolute atomic E-state index is 0.0196.